The molecule has 0 bridgehead atoms. The molecule has 6 nitrogen and oxygen atoms in total. The van der Waals surface area contributed by atoms with E-state index in [0.29, 0.717) is 29.3 Å². The highest BCUT2D eigenvalue weighted by Gasteiger charge is 2.11. The van der Waals surface area contributed by atoms with Crippen molar-refractivity contribution in [1.82, 2.24) is 9.78 Å². The standard InChI is InChI=1S/C14H18N4O2/c1-4-20-13-6-5-10(7-11(13)15)14(19)16-12-8-18(3)17-9(12)2/h5-8H,4,15H2,1-3H3,(H,16,19). The third-order valence-corrected chi connectivity index (χ3v) is 2.83. The van der Waals surface area contributed by atoms with Gasteiger partial charge in [-0.2, -0.15) is 5.10 Å². The van der Waals surface area contributed by atoms with Gasteiger partial charge in [0.2, 0.25) is 0 Å². The molecule has 0 unspecified atom stereocenters. The van der Waals surface area contributed by atoms with Crippen LogP contribution in [-0.2, 0) is 7.05 Å². The van der Waals surface area contributed by atoms with Crippen molar-refractivity contribution in [2.24, 2.45) is 7.05 Å². The van der Waals surface area contributed by atoms with Crippen LogP contribution in [0, 0.1) is 6.92 Å². The Kier molecular flexibility index (Phi) is 3.93. The van der Waals surface area contributed by atoms with E-state index in [2.05, 4.69) is 10.4 Å². The van der Waals surface area contributed by atoms with E-state index in [9.17, 15) is 4.79 Å². The largest absolute Gasteiger partial charge is 0.492 e. The second-order valence-corrected chi connectivity index (χ2v) is 4.44. The zero-order valence-electron chi connectivity index (χ0n) is 11.8. The second kappa shape index (κ2) is 5.64. The van der Waals surface area contributed by atoms with Gasteiger partial charge in [0.1, 0.15) is 5.75 Å². The van der Waals surface area contributed by atoms with Crippen LogP contribution in [0.5, 0.6) is 5.75 Å². The molecule has 1 aromatic carbocycles. The lowest BCUT2D eigenvalue weighted by Crippen LogP contribution is -2.12. The molecule has 2 aromatic rings. The first-order chi connectivity index (χ1) is 9.51. The Morgan fingerprint density at radius 3 is 2.80 bits per heavy atom. The number of aromatic nitrogens is 2. The third-order valence-electron chi connectivity index (χ3n) is 2.83. The Hall–Kier alpha value is -2.50. The van der Waals surface area contributed by atoms with Crippen molar-refractivity contribution in [3.63, 3.8) is 0 Å². The zero-order chi connectivity index (χ0) is 14.7. The first kappa shape index (κ1) is 13.9. The van der Waals surface area contributed by atoms with Crippen molar-refractivity contribution in [3.05, 3.63) is 35.7 Å². The quantitative estimate of drug-likeness (QED) is 0.835. The average molecular weight is 274 g/mol. The van der Waals surface area contributed by atoms with Gasteiger partial charge in [-0.15, -0.1) is 0 Å². The Balaban J connectivity index is 2.17. The van der Waals surface area contributed by atoms with Crippen LogP contribution >= 0.6 is 0 Å². The van der Waals surface area contributed by atoms with E-state index < -0.39 is 0 Å². The summed E-state index contributed by atoms with van der Waals surface area (Å²) in [5, 5.41) is 6.98. The monoisotopic (exact) mass is 274 g/mol. The number of nitrogens with zero attached hydrogens (tertiary/aromatic N) is 2. The summed E-state index contributed by atoms with van der Waals surface area (Å²) < 4.78 is 6.99. The number of hydrogen-bond acceptors (Lipinski definition) is 4. The molecule has 1 amide bonds. The van der Waals surface area contributed by atoms with E-state index in [1.54, 1.807) is 36.1 Å². The molecular weight excluding hydrogens is 256 g/mol. The van der Waals surface area contributed by atoms with Gasteiger partial charge in [0.05, 0.1) is 23.7 Å². The molecule has 0 radical (unpaired) electrons. The van der Waals surface area contributed by atoms with Gasteiger partial charge >= 0.3 is 0 Å². The maximum Gasteiger partial charge on any atom is 0.255 e. The number of anilines is 2. The molecular formula is C14H18N4O2. The summed E-state index contributed by atoms with van der Waals surface area (Å²) in [6.45, 7) is 4.25. The summed E-state index contributed by atoms with van der Waals surface area (Å²) in [5.74, 6) is 0.359. The topological polar surface area (TPSA) is 82.2 Å². The van der Waals surface area contributed by atoms with Crippen molar-refractivity contribution >= 4 is 17.3 Å². The number of carbonyl (C=O) groups is 1. The molecule has 20 heavy (non-hydrogen) atoms. The third kappa shape index (κ3) is 2.90. The molecule has 1 heterocycles. The van der Waals surface area contributed by atoms with Crippen LogP contribution in [0.2, 0.25) is 0 Å². The fourth-order valence-corrected chi connectivity index (χ4v) is 1.89. The van der Waals surface area contributed by atoms with Crippen LogP contribution in [0.25, 0.3) is 0 Å². The molecule has 0 atom stereocenters. The molecule has 2 rings (SSSR count). The molecule has 0 aliphatic rings. The van der Waals surface area contributed by atoms with E-state index in [-0.39, 0.29) is 5.91 Å². The SMILES string of the molecule is CCOc1ccc(C(=O)Nc2cn(C)nc2C)cc1N. The molecule has 6 heteroatoms. The van der Waals surface area contributed by atoms with Gasteiger partial charge in [0, 0.05) is 18.8 Å². The Labute approximate surface area is 117 Å². The Morgan fingerprint density at radius 1 is 1.50 bits per heavy atom. The van der Waals surface area contributed by atoms with Crippen molar-refractivity contribution in [2.45, 2.75) is 13.8 Å². The van der Waals surface area contributed by atoms with Gasteiger partial charge in [0.15, 0.2) is 0 Å². The fraction of sp³-hybridized carbons (Fsp3) is 0.286. The molecule has 0 spiro atoms. The number of carbonyl (C=O) groups excluding carboxylic acids is 1. The number of nitrogens with two attached hydrogens (primary N) is 1. The molecule has 0 saturated heterocycles. The van der Waals surface area contributed by atoms with Crippen LogP contribution in [0.3, 0.4) is 0 Å². The van der Waals surface area contributed by atoms with Crippen molar-refractivity contribution in [1.29, 1.82) is 0 Å². The summed E-state index contributed by atoms with van der Waals surface area (Å²) in [6.07, 6.45) is 1.76. The normalized spacial score (nSPS) is 10.3. The molecule has 0 aliphatic heterocycles. The minimum absolute atomic E-state index is 0.226. The fourth-order valence-electron chi connectivity index (χ4n) is 1.89. The van der Waals surface area contributed by atoms with Crippen LogP contribution in [0.15, 0.2) is 24.4 Å². The maximum atomic E-state index is 12.2. The van der Waals surface area contributed by atoms with Crippen molar-refractivity contribution < 1.29 is 9.53 Å². The summed E-state index contributed by atoms with van der Waals surface area (Å²) in [5.41, 5.74) is 8.23. The van der Waals surface area contributed by atoms with Gasteiger partial charge in [-0.25, -0.2) is 0 Å². The van der Waals surface area contributed by atoms with Crippen LogP contribution < -0.4 is 15.8 Å². The van der Waals surface area contributed by atoms with Crippen LogP contribution in [-0.4, -0.2) is 22.3 Å². The average Bonchev–Trinajstić information content (AvgIpc) is 2.70. The number of nitrogens with one attached hydrogen (secondary N) is 1. The minimum Gasteiger partial charge on any atom is -0.492 e. The van der Waals surface area contributed by atoms with Crippen LogP contribution in [0.1, 0.15) is 23.0 Å². The summed E-state index contributed by atoms with van der Waals surface area (Å²) in [4.78, 5) is 12.2. The zero-order valence-corrected chi connectivity index (χ0v) is 11.8. The Bertz CT molecular complexity index is 634. The smallest absolute Gasteiger partial charge is 0.255 e. The van der Waals surface area contributed by atoms with Crippen LogP contribution in [0.4, 0.5) is 11.4 Å². The van der Waals surface area contributed by atoms with E-state index >= 15 is 0 Å². The molecule has 106 valence electrons. The van der Waals surface area contributed by atoms with E-state index in [1.165, 1.54) is 0 Å². The predicted molar refractivity (Wildman–Crippen MR) is 77.9 cm³/mol. The number of aryl methyl sites for hydroxylation is 2. The lowest BCUT2D eigenvalue weighted by atomic mass is 10.1. The summed E-state index contributed by atoms with van der Waals surface area (Å²) >= 11 is 0. The molecule has 0 fully saturated rings. The van der Waals surface area contributed by atoms with Gasteiger partial charge in [0.25, 0.3) is 5.91 Å². The van der Waals surface area contributed by atoms with Gasteiger partial charge in [-0.3, -0.25) is 9.48 Å². The lowest BCUT2D eigenvalue weighted by molar-refractivity contribution is 0.102. The number of amides is 1. The van der Waals surface area contributed by atoms with E-state index in [4.69, 9.17) is 10.5 Å². The molecule has 0 saturated carbocycles. The van der Waals surface area contributed by atoms with Gasteiger partial charge in [-0.05, 0) is 32.0 Å². The predicted octanol–water partition coefficient (Wildman–Crippen LogP) is 1.96. The van der Waals surface area contributed by atoms with E-state index in [1.807, 2.05) is 13.8 Å². The lowest BCUT2D eigenvalue weighted by Gasteiger charge is -2.09. The molecule has 3 N–H and O–H groups in total. The maximum absolute atomic E-state index is 12.2. The minimum atomic E-state index is -0.226. The number of hydrogen-bond donors (Lipinski definition) is 2. The van der Waals surface area contributed by atoms with Crippen molar-refractivity contribution in [2.75, 3.05) is 17.7 Å². The number of benzene rings is 1. The highest BCUT2D eigenvalue weighted by molar-refractivity contribution is 6.05. The summed E-state index contributed by atoms with van der Waals surface area (Å²) in [7, 11) is 1.80. The highest BCUT2D eigenvalue weighted by Crippen LogP contribution is 2.23. The van der Waals surface area contributed by atoms with E-state index in [0.717, 1.165) is 5.69 Å². The number of ether oxygens (including phenoxy) is 1. The first-order valence-corrected chi connectivity index (χ1v) is 6.35. The number of nitrogen functional groups attached to an aromatic ring is 1. The Morgan fingerprint density at radius 2 is 2.25 bits per heavy atom. The van der Waals surface area contributed by atoms with Gasteiger partial charge < -0.3 is 15.8 Å². The first-order valence-electron chi connectivity index (χ1n) is 6.35. The second-order valence-electron chi connectivity index (χ2n) is 4.44. The summed E-state index contributed by atoms with van der Waals surface area (Å²) in [6, 6.07) is 4.98. The van der Waals surface area contributed by atoms with Crippen molar-refractivity contribution in [3.8, 4) is 5.75 Å². The number of rotatable bonds is 4. The van der Waals surface area contributed by atoms with Gasteiger partial charge in [-0.1, -0.05) is 0 Å². The molecule has 1 aromatic heterocycles. The molecule has 0 aliphatic carbocycles. The highest BCUT2D eigenvalue weighted by atomic mass is 16.5.